The molecule has 0 aromatic heterocycles. The van der Waals surface area contributed by atoms with Gasteiger partial charge in [-0.25, -0.2) is 0 Å². The molecule has 0 atom stereocenters. The van der Waals surface area contributed by atoms with Crippen molar-refractivity contribution >= 4 is 17.7 Å². The van der Waals surface area contributed by atoms with Gasteiger partial charge in [0.25, 0.3) is 0 Å². The molecule has 1 amide bonds. The monoisotopic (exact) mass is 246 g/mol. The van der Waals surface area contributed by atoms with Gasteiger partial charge in [-0.1, -0.05) is 6.42 Å². The first-order chi connectivity index (χ1) is 7.68. The maximum Gasteiger partial charge on any atom is 0.222 e. The smallest absolute Gasteiger partial charge is 0.222 e. The summed E-state index contributed by atoms with van der Waals surface area (Å²) >= 11 is 1.92. The normalized spacial score (nSPS) is 10.4. The number of carbonyl (C=O) groups is 1. The lowest BCUT2D eigenvalue weighted by atomic mass is 10.2. The molecule has 0 fully saturated rings. The largest absolute Gasteiger partial charge is 0.349 e. The lowest BCUT2D eigenvalue weighted by molar-refractivity contribution is -0.128. The molecule has 1 N–H and O–H groups in total. The summed E-state index contributed by atoms with van der Waals surface area (Å²) < 4.78 is 0. The van der Waals surface area contributed by atoms with Crippen LogP contribution in [-0.4, -0.2) is 50.0 Å². The zero-order chi connectivity index (χ0) is 12.2. The number of nitrogens with one attached hydrogen (secondary N) is 1. The molecule has 0 aliphatic heterocycles. The van der Waals surface area contributed by atoms with Gasteiger partial charge in [0.2, 0.25) is 5.91 Å². The van der Waals surface area contributed by atoms with Gasteiger partial charge in [0.15, 0.2) is 0 Å². The summed E-state index contributed by atoms with van der Waals surface area (Å²) in [6.45, 7) is 2.05. The number of hydrogen-bond acceptors (Lipinski definition) is 3. The molecule has 0 unspecified atom stereocenters. The lowest BCUT2D eigenvalue weighted by Gasteiger charge is -2.10. The van der Waals surface area contributed by atoms with E-state index in [1.54, 1.807) is 4.90 Å². The Kier molecular flexibility index (Phi) is 11.1. The predicted octanol–water partition coefficient (Wildman–Crippen LogP) is 1.98. The summed E-state index contributed by atoms with van der Waals surface area (Å²) in [5, 5.41) is 3.38. The van der Waals surface area contributed by atoms with Crippen LogP contribution in [0.3, 0.4) is 0 Å². The highest BCUT2D eigenvalue weighted by molar-refractivity contribution is 7.98. The number of unbranched alkanes of at least 4 members (excludes halogenated alkanes) is 2. The van der Waals surface area contributed by atoms with Crippen LogP contribution in [0.2, 0.25) is 0 Å². The molecule has 96 valence electrons. The quantitative estimate of drug-likeness (QED) is 0.598. The summed E-state index contributed by atoms with van der Waals surface area (Å²) in [7, 11) is 3.61. The summed E-state index contributed by atoms with van der Waals surface area (Å²) in [4.78, 5) is 12.9. The molecule has 0 aliphatic carbocycles. The summed E-state index contributed by atoms with van der Waals surface area (Å²) in [5.41, 5.74) is 0. The lowest BCUT2D eigenvalue weighted by Crippen LogP contribution is -2.23. The SMILES string of the molecule is CSCCCCCNCCCC(=O)N(C)C. The summed E-state index contributed by atoms with van der Waals surface area (Å²) in [5.74, 6) is 1.50. The van der Waals surface area contributed by atoms with Crippen LogP contribution in [0.1, 0.15) is 32.1 Å². The topological polar surface area (TPSA) is 32.3 Å². The Balaban J connectivity index is 3.07. The third kappa shape index (κ3) is 10.3. The van der Waals surface area contributed by atoms with E-state index in [4.69, 9.17) is 0 Å². The molecule has 0 radical (unpaired) electrons. The third-order valence-electron chi connectivity index (χ3n) is 2.45. The maximum atomic E-state index is 11.2. The van der Waals surface area contributed by atoms with Gasteiger partial charge in [-0.3, -0.25) is 4.79 Å². The number of carbonyl (C=O) groups excluding carboxylic acids is 1. The van der Waals surface area contributed by atoms with Crippen LogP contribution in [0.25, 0.3) is 0 Å². The van der Waals surface area contributed by atoms with Crippen LogP contribution < -0.4 is 5.32 Å². The maximum absolute atomic E-state index is 11.2. The number of nitrogens with zero attached hydrogens (tertiary/aromatic N) is 1. The van der Waals surface area contributed by atoms with E-state index in [1.165, 1.54) is 25.0 Å². The van der Waals surface area contributed by atoms with Gasteiger partial charge in [-0.05, 0) is 44.4 Å². The first-order valence-electron chi connectivity index (χ1n) is 6.08. The molecule has 0 aromatic carbocycles. The van der Waals surface area contributed by atoms with Crippen LogP contribution in [0.5, 0.6) is 0 Å². The van der Waals surface area contributed by atoms with Crippen LogP contribution in [0, 0.1) is 0 Å². The number of amides is 1. The van der Waals surface area contributed by atoms with Crippen LogP contribution in [0.4, 0.5) is 0 Å². The van der Waals surface area contributed by atoms with Gasteiger partial charge in [0.05, 0.1) is 0 Å². The molecule has 0 rings (SSSR count). The molecule has 0 saturated carbocycles. The second-order valence-corrected chi connectivity index (χ2v) is 5.18. The molecule has 0 saturated heterocycles. The van der Waals surface area contributed by atoms with Crippen molar-refractivity contribution in [2.24, 2.45) is 0 Å². The summed E-state index contributed by atoms with van der Waals surface area (Å²) in [6.07, 6.45) is 7.64. The van der Waals surface area contributed by atoms with Crippen molar-refractivity contribution in [3.8, 4) is 0 Å². The van der Waals surface area contributed by atoms with Crippen molar-refractivity contribution in [1.82, 2.24) is 10.2 Å². The van der Waals surface area contributed by atoms with E-state index in [0.29, 0.717) is 6.42 Å². The third-order valence-corrected chi connectivity index (χ3v) is 3.14. The van der Waals surface area contributed by atoms with E-state index in [1.807, 2.05) is 25.9 Å². The second kappa shape index (κ2) is 11.3. The Morgan fingerprint density at radius 3 is 2.44 bits per heavy atom. The Bertz CT molecular complexity index is 174. The highest BCUT2D eigenvalue weighted by atomic mass is 32.2. The standard InChI is InChI=1S/C12H26N2OS/c1-14(2)12(15)8-7-10-13-9-5-4-6-11-16-3/h13H,4-11H2,1-3H3. The van der Waals surface area contributed by atoms with Crippen LogP contribution in [0.15, 0.2) is 0 Å². The molecule has 4 heteroatoms. The molecule has 16 heavy (non-hydrogen) atoms. The average Bonchev–Trinajstić information content (AvgIpc) is 2.26. The predicted molar refractivity (Wildman–Crippen MR) is 73.0 cm³/mol. The zero-order valence-corrected chi connectivity index (χ0v) is 11.7. The molecule has 0 heterocycles. The molecular formula is C12H26N2OS. The van der Waals surface area contributed by atoms with Gasteiger partial charge in [-0.15, -0.1) is 0 Å². The second-order valence-electron chi connectivity index (χ2n) is 4.20. The van der Waals surface area contributed by atoms with Crippen molar-refractivity contribution < 1.29 is 4.79 Å². The molecule has 0 spiro atoms. The van der Waals surface area contributed by atoms with E-state index >= 15 is 0 Å². The summed E-state index contributed by atoms with van der Waals surface area (Å²) in [6, 6.07) is 0. The van der Waals surface area contributed by atoms with Gasteiger partial charge in [0, 0.05) is 20.5 Å². The van der Waals surface area contributed by atoms with E-state index < -0.39 is 0 Å². The van der Waals surface area contributed by atoms with Crippen molar-refractivity contribution in [2.45, 2.75) is 32.1 Å². The first-order valence-corrected chi connectivity index (χ1v) is 7.47. The molecule has 0 bridgehead atoms. The Morgan fingerprint density at radius 2 is 1.81 bits per heavy atom. The molecular weight excluding hydrogens is 220 g/mol. The highest BCUT2D eigenvalue weighted by Crippen LogP contribution is 2.01. The fourth-order valence-corrected chi connectivity index (χ4v) is 1.88. The molecule has 0 aromatic rings. The van der Waals surface area contributed by atoms with Crippen LogP contribution >= 0.6 is 11.8 Å². The fourth-order valence-electron chi connectivity index (χ4n) is 1.39. The van der Waals surface area contributed by atoms with Gasteiger partial charge in [0.1, 0.15) is 0 Å². The van der Waals surface area contributed by atoms with E-state index in [2.05, 4.69) is 11.6 Å². The number of hydrogen-bond donors (Lipinski definition) is 1. The number of rotatable bonds is 10. The average molecular weight is 246 g/mol. The van der Waals surface area contributed by atoms with E-state index in [-0.39, 0.29) is 5.91 Å². The Hall–Kier alpha value is -0.220. The van der Waals surface area contributed by atoms with Gasteiger partial charge in [-0.2, -0.15) is 11.8 Å². The van der Waals surface area contributed by atoms with Gasteiger partial charge < -0.3 is 10.2 Å². The Labute approximate surface area is 104 Å². The highest BCUT2D eigenvalue weighted by Gasteiger charge is 2.01. The van der Waals surface area contributed by atoms with Gasteiger partial charge >= 0.3 is 0 Å². The van der Waals surface area contributed by atoms with E-state index in [0.717, 1.165) is 19.5 Å². The first kappa shape index (κ1) is 15.8. The van der Waals surface area contributed by atoms with Crippen molar-refractivity contribution in [3.63, 3.8) is 0 Å². The Morgan fingerprint density at radius 1 is 1.12 bits per heavy atom. The number of thioether (sulfide) groups is 1. The minimum atomic E-state index is 0.224. The minimum absolute atomic E-state index is 0.224. The fraction of sp³-hybridized carbons (Fsp3) is 0.917. The zero-order valence-electron chi connectivity index (χ0n) is 10.9. The van der Waals surface area contributed by atoms with Crippen LogP contribution in [-0.2, 0) is 4.79 Å². The minimum Gasteiger partial charge on any atom is -0.349 e. The molecule has 3 nitrogen and oxygen atoms in total. The van der Waals surface area contributed by atoms with E-state index in [9.17, 15) is 4.79 Å². The van der Waals surface area contributed by atoms with Crippen molar-refractivity contribution in [2.75, 3.05) is 39.2 Å². The van der Waals surface area contributed by atoms with Crippen molar-refractivity contribution in [3.05, 3.63) is 0 Å². The van der Waals surface area contributed by atoms with Crippen molar-refractivity contribution in [1.29, 1.82) is 0 Å². The molecule has 0 aliphatic rings.